The monoisotopic (exact) mass is 459 g/mol. The van der Waals surface area contributed by atoms with Crippen LogP contribution < -0.4 is 0 Å². The van der Waals surface area contributed by atoms with Gasteiger partial charge in [0.1, 0.15) is 5.75 Å². The van der Waals surface area contributed by atoms with Crippen LogP contribution >= 0.6 is 0 Å². The van der Waals surface area contributed by atoms with Crippen LogP contribution in [0.3, 0.4) is 0 Å². The van der Waals surface area contributed by atoms with Gasteiger partial charge in [0.2, 0.25) is 0 Å². The van der Waals surface area contributed by atoms with Crippen molar-refractivity contribution < 1.29 is 56.4 Å². The Morgan fingerprint density at radius 3 is 1.59 bits per heavy atom. The molecule has 0 aliphatic carbocycles. The van der Waals surface area contributed by atoms with Gasteiger partial charge in [-0.05, 0) is 10.6 Å². The number of alkyl halides is 9. The third-order valence-electron chi connectivity index (χ3n) is 2.57. The third kappa shape index (κ3) is 5.65. The van der Waals surface area contributed by atoms with E-state index in [1.165, 1.54) is 20.8 Å². The van der Waals surface area contributed by atoms with E-state index in [1.54, 1.807) is 0 Å². The number of carbonyl (C=O) groups excluding carboxylic acids is 1. The van der Waals surface area contributed by atoms with Crippen LogP contribution in [0, 0.1) is 5.41 Å². The highest BCUT2D eigenvalue weighted by Crippen LogP contribution is 2.55. The minimum absolute atomic E-state index is 0.455. The summed E-state index contributed by atoms with van der Waals surface area (Å²) < 4.78 is 142. The maximum absolute atomic E-state index is 13.6. The van der Waals surface area contributed by atoms with Crippen molar-refractivity contribution in [3.63, 3.8) is 0 Å². The van der Waals surface area contributed by atoms with Crippen LogP contribution in [-0.2, 0) is 29.7 Å². The molecular formula is C12H16F9O4S2+. The van der Waals surface area contributed by atoms with Gasteiger partial charge in [0, 0.05) is 5.41 Å². The summed E-state index contributed by atoms with van der Waals surface area (Å²) in [5.74, 6) is -16.9. The number of rotatable bonds is 8. The van der Waals surface area contributed by atoms with Gasteiger partial charge in [-0.15, -0.1) is 0 Å². The van der Waals surface area contributed by atoms with Crippen LogP contribution in [0.5, 0.6) is 0 Å². The van der Waals surface area contributed by atoms with Crippen LogP contribution in [0.15, 0.2) is 0 Å². The molecule has 27 heavy (non-hydrogen) atoms. The van der Waals surface area contributed by atoms with Crippen molar-refractivity contribution in [3.8, 4) is 0 Å². The Morgan fingerprint density at radius 1 is 0.889 bits per heavy atom. The average Bonchev–Trinajstić information content (AvgIpc) is 2.32. The molecule has 0 spiro atoms. The standard InChI is InChI=1S/C12H16F9O4S2/c1-7(22)5-26(6-8(2,3)4)25-27(23,24)12(20,21)10(15,16)9(13,14)11(17,18)19/h5-6H2,1-4H3/q+1. The molecule has 0 fully saturated rings. The van der Waals surface area contributed by atoms with E-state index < -0.39 is 67.3 Å². The lowest BCUT2D eigenvalue weighted by Gasteiger charge is -2.32. The molecule has 0 saturated carbocycles. The lowest BCUT2D eigenvalue weighted by molar-refractivity contribution is -0.382. The summed E-state index contributed by atoms with van der Waals surface area (Å²) in [7, 11) is -6.98. The van der Waals surface area contributed by atoms with Gasteiger partial charge in [0.05, 0.1) is 0 Å². The van der Waals surface area contributed by atoms with Gasteiger partial charge in [-0.25, -0.2) is 0 Å². The minimum Gasteiger partial charge on any atom is -0.295 e. The summed E-state index contributed by atoms with van der Waals surface area (Å²) >= 11 is -2.30. The smallest absolute Gasteiger partial charge is 0.295 e. The lowest BCUT2D eigenvalue weighted by Crippen LogP contribution is -2.63. The topological polar surface area (TPSA) is 60.4 Å². The largest absolute Gasteiger partial charge is 0.460 e. The van der Waals surface area contributed by atoms with Crippen molar-refractivity contribution in [2.24, 2.45) is 5.41 Å². The SMILES string of the molecule is CC(=O)C[S+](CC(C)(C)C)OS(=O)(=O)C(F)(F)C(F)(F)C(F)(F)C(F)(F)F. The van der Waals surface area contributed by atoms with Gasteiger partial charge >= 0.3 is 33.4 Å². The van der Waals surface area contributed by atoms with Crippen LogP contribution in [0.25, 0.3) is 0 Å². The molecule has 0 amide bonds. The number of Topliss-reactive ketones (excluding diaryl/α,β-unsaturated/α-hetero) is 1. The maximum Gasteiger partial charge on any atom is 0.460 e. The molecule has 0 N–H and O–H groups in total. The highest BCUT2D eigenvalue weighted by atomic mass is 32.3. The second kappa shape index (κ2) is 7.61. The fourth-order valence-corrected chi connectivity index (χ4v) is 5.20. The van der Waals surface area contributed by atoms with Crippen LogP contribution in [0.1, 0.15) is 27.7 Å². The molecule has 162 valence electrons. The van der Waals surface area contributed by atoms with E-state index in [0.29, 0.717) is 0 Å². The second-order valence-corrected chi connectivity index (χ2v) is 10.1. The van der Waals surface area contributed by atoms with Crippen molar-refractivity contribution in [3.05, 3.63) is 0 Å². The molecule has 0 bridgehead atoms. The Balaban J connectivity index is 6.04. The Hall–Kier alpha value is -0.700. The molecule has 0 aromatic rings. The van der Waals surface area contributed by atoms with E-state index in [2.05, 4.69) is 3.63 Å². The second-order valence-electron chi connectivity index (χ2n) is 6.68. The first-order valence-corrected chi connectivity index (χ1v) is 9.71. The summed E-state index contributed by atoms with van der Waals surface area (Å²) in [5, 5.41) is -6.93. The molecule has 15 heteroatoms. The van der Waals surface area contributed by atoms with Crippen molar-refractivity contribution in [1.82, 2.24) is 0 Å². The molecular weight excluding hydrogens is 443 g/mol. The molecule has 0 aliphatic heterocycles. The normalized spacial score (nSPS) is 16.3. The fourth-order valence-electron chi connectivity index (χ4n) is 1.50. The average molecular weight is 459 g/mol. The number of hydrogen-bond acceptors (Lipinski definition) is 4. The Bertz CT molecular complexity index is 651. The zero-order valence-electron chi connectivity index (χ0n) is 14.3. The van der Waals surface area contributed by atoms with Crippen LogP contribution in [0.4, 0.5) is 39.5 Å². The minimum atomic E-state index is -7.37. The van der Waals surface area contributed by atoms with Gasteiger partial charge in [0.25, 0.3) is 0 Å². The molecule has 0 aromatic heterocycles. The molecule has 0 aliphatic rings. The molecule has 4 nitrogen and oxygen atoms in total. The zero-order chi connectivity index (χ0) is 22.3. The van der Waals surface area contributed by atoms with E-state index in [4.69, 9.17) is 0 Å². The van der Waals surface area contributed by atoms with Gasteiger partial charge in [-0.1, -0.05) is 20.8 Å². The van der Waals surface area contributed by atoms with E-state index in [-0.39, 0.29) is 0 Å². The Labute approximate surface area is 152 Å². The number of carbonyl (C=O) groups is 1. The fraction of sp³-hybridized carbons (Fsp3) is 0.917. The molecule has 1 atom stereocenters. The quantitative estimate of drug-likeness (QED) is 0.408. The van der Waals surface area contributed by atoms with E-state index >= 15 is 0 Å². The van der Waals surface area contributed by atoms with Gasteiger partial charge in [-0.3, -0.25) is 4.79 Å². The van der Waals surface area contributed by atoms with Gasteiger partial charge < -0.3 is 0 Å². The number of halogens is 9. The highest BCUT2D eigenvalue weighted by Gasteiger charge is 2.86. The number of ketones is 1. The van der Waals surface area contributed by atoms with Crippen molar-refractivity contribution in [1.29, 1.82) is 0 Å². The Morgan fingerprint density at radius 2 is 1.30 bits per heavy atom. The first kappa shape index (κ1) is 26.3. The summed E-state index contributed by atoms with van der Waals surface area (Å²) in [4.78, 5) is 11.1. The lowest BCUT2D eigenvalue weighted by atomic mass is 10.0. The summed E-state index contributed by atoms with van der Waals surface area (Å²) in [6.07, 6.45) is -7.16. The van der Waals surface area contributed by atoms with Crippen molar-refractivity contribution in [2.75, 3.05) is 11.5 Å². The number of hydrogen-bond donors (Lipinski definition) is 0. The van der Waals surface area contributed by atoms with Crippen molar-refractivity contribution >= 4 is 27.1 Å². The maximum atomic E-state index is 13.6. The molecule has 0 heterocycles. The molecule has 0 rings (SSSR count). The molecule has 0 aromatic carbocycles. The molecule has 1 unspecified atom stereocenters. The first-order chi connectivity index (χ1) is 11.5. The van der Waals surface area contributed by atoms with Crippen LogP contribution in [0.2, 0.25) is 0 Å². The highest BCUT2D eigenvalue weighted by molar-refractivity contribution is 8.03. The Kier molecular flexibility index (Phi) is 7.42. The van der Waals surface area contributed by atoms with E-state index in [0.717, 1.165) is 6.92 Å². The van der Waals surface area contributed by atoms with E-state index in [9.17, 15) is 52.7 Å². The summed E-state index contributed by atoms with van der Waals surface area (Å²) in [5.41, 5.74) is -0.887. The van der Waals surface area contributed by atoms with Crippen molar-refractivity contribution in [2.45, 2.75) is 51.0 Å². The van der Waals surface area contributed by atoms with E-state index in [1.807, 2.05) is 0 Å². The molecule has 0 saturated heterocycles. The summed E-state index contributed by atoms with van der Waals surface area (Å²) in [6, 6.07) is 0. The van der Waals surface area contributed by atoms with Gasteiger partial charge in [-0.2, -0.15) is 47.9 Å². The zero-order valence-corrected chi connectivity index (χ0v) is 15.9. The van der Waals surface area contributed by atoms with Gasteiger partial charge in [0.15, 0.2) is 22.7 Å². The molecule has 0 radical (unpaired) electrons. The third-order valence-corrected chi connectivity index (χ3v) is 6.86. The predicted molar refractivity (Wildman–Crippen MR) is 78.1 cm³/mol. The van der Waals surface area contributed by atoms with Crippen LogP contribution in [-0.4, -0.2) is 49.0 Å². The first-order valence-electron chi connectivity index (χ1n) is 6.81. The predicted octanol–water partition coefficient (Wildman–Crippen LogP) is 3.93. The summed E-state index contributed by atoms with van der Waals surface area (Å²) in [6.45, 7) is 5.15.